The van der Waals surface area contributed by atoms with Crippen LogP contribution in [0.3, 0.4) is 0 Å². The number of carbonyl (C=O) groups is 1. The number of benzene rings is 4. The largest absolute Gasteiger partial charge is 0.497 e. The van der Waals surface area contributed by atoms with Crippen molar-refractivity contribution in [3.63, 3.8) is 0 Å². The molecule has 0 bridgehead atoms. The van der Waals surface area contributed by atoms with Crippen LogP contribution < -0.4 is 14.2 Å². The van der Waals surface area contributed by atoms with Crippen molar-refractivity contribution in [2.45, 2.75) is 31.7 Å². The van der Waals surface area contributed by atoms with Crippen LogP contribution in [-0.2, 0) is 17.6 Å². The molecule has 4 aromatic carbocycles. The molecule has 9 heteroatoms. The Morgan fingerprint density at radius 3 is 2.10 bits per heavy atom. The molecule has 4 aromatic rings. The van der Waals surface area contributed by atoms with Gasteiger partial charge in [0.15, 0.2) is 6.10 Å². The minimum atomic E-state index is -4.41. The summed E-state index contributed by atoms with van der Waals surface area (Å²) in [6.45, 7) is 0.0557. The Kier molecular flexibility index (Phi) is 9.85. The molecule has 218 valence electrons. The molecule has 0 saturated heterocycles. The molecule has 0 saturated carbocycles. The highest BCUT2D eigenvalue weighted by molar-refractivity contribution is 5.73. The lowest BCUT2D eigenvalue weighted by Crippen LogP contribution is -2.26. The molecule has 1 N–H and O–H groups in total. The van der Waals surface area contributed by atoms with Crippen LogP contribution in [0.25, 0.3) is 17.2 Å². The lowest BCUT2D eigenvalue weighted by Gasteiger charge is -2.15. The van der Waals surface area contributed by atoms with Gasteiger partial charge in [0.05, 0.1) is 12.7 Å². The van der Waals surface area contributed by atoms with Gasteiger partial charge in [-0.15, -0.1) is 0 Å². The molecular weight excluding hydrogens is 552 g/mol. The molecule has 0 aromatic heterocycles. The summed E-state index contributed by atoms with van der Waals surface area (Å²) in [6.07, 6.45) is -1.38. The van der Waals surface area contributed by atoms with E-state index in [1.807, 2.05) is 0 Å². The molecule has 5 nitrogen and oxygen atoms in total. The van der Waals surface area contributed by atoms with Gasteiger partial charge in [-0.3, -0.25) is 0 Å². The molecule has 0 aliphatic carbocycles. The number of hydrogen-bond acceptors (Lipinski definition) is 4. The van der Waals surface area contributed by atoms with Crippen LogP contribution in [0.4, 0.5) is 17.6 Å². The van der Waals surface area contributed by atoms with Crippen molar-refractivity contribution < 1.29 is 41.7 Å². The highest BCUT2D eigenvalue weighted by Crippen LogP contribution is 2.30. The van der Waals surface area contributed by atoms with E-state index in [9.17, 15) is 27.5 Å². The average Bonchev–Trinajstić information content (AvgIpc) is 2.98. The van der Waals surface area contributed by atoms with Crippen molar-refractivity contribution in [3.8, 4) is 28.4 Å². The Balaban J connectivity index is 1.37. The lowest BCUT2D eigenvalue weighted by molar-refractivity contribution is -0.145. The third-order valence-corrected chi connectivity index (χ3v) is 6.37. The van der Waals surface area contributed by atoms with Crippen LogP contribution in [0.2, 0.25) is 0 Å². The molecule has 0 fully saturated rings. The van der Waals surface area contributed by atoms with Crippen LogP contribution in [-0.4, -0.2) is 24.3 Å². The number of carboxylic acid groups (broad SMARTS) is 1. The van der Waals surface area contributed by atoms with Crippen molar-refractivity contribution in [3.05, 3.63) is 120 Å². The van der Waals surface area contributed by atoms with Crippen molar-refractivity contribution in [2.24, 2.45) is 0 Å². The number of methoxy groups -OCH3 is 1. The second-order valence-corrected chi connectivity index (χ2v) is 9.34. The molecule has 1 atom stereocenters. The van der Waals surface area contributed by atoms with E-state index in [4.69, 9.17) is 14.2 Å². The van der Waals surface area contributed by atoms with Crippen LogP contribution in [0, 0.1) is 5.82 Å². The highest BCUT2D eigenvalue weighted by Gasteiger charge is 2.29. The van der Waals surface area contributed by atoms with Crippen LogP contribution in [0.1, 0.15) is 29.5 Å². The fraction of sp³-hybridized carbons (Fsp3) is 0.182. The summed E-state index contributed by atoms with van der Waals surface area (Å²) in [5.41, 5.74) is 2.16. The molecule has 42 heavy (non-hydrogen) atoms. The first-order chi connectivity index (χ1) is 20.1. The number of halogens is 4. The van der Waals surface area contributed by atoms with Gasteiger partial charge in [-0.05, 0) is 84.1 Å². The SMILES string of the molecule is COc1ccc(OCc2ccc(C(F)(F)F)cc2)c(C=CCCC(Oc2ccc(-c3ccc(F)cc3)cc2)C(=O)O)c1. The zero-order chi connectivity index (χ0) is 30.1. The predicted molar refractivity (Wildman–Crippen MR) is 151 cm³/mol. The molecule has 4 rings (SSSR count). The maximum Gasteiger partial charge on any atom is 0.416 e. The van der Waals surface area contributed by atoms with Crippen LogP contribution in [0.15, 0.2) is 97.1 Å². The van der Waals surface area contributed by atoms with E-state index < -0.39 is 23.8 Å². The fourth-order valence-corrected chi connectivity index (χ4v) is 4.09. The summed E-state index contributed by atoms with van der Waals surface area (Å²) >= 11 is 0. The third kappa shape index (κ3) is 8.36. The quantitative estimate of drug-likeness (QED) is 0.171. The lowest BCUT2D eigenvalue weighted by atomic mass is 10.1. The van der Waals surface area contributed by atoms with E-state index in [-0.39, 0.29) is 18.8 Å². The first kappa shape index (κ1) is 30.2. The number of rotatable bonds is 12. The van der Waals surface area contributed by atoms with Crippen molar-refractivity contribution in [1.29, 1.82) is 0 Å². The van der Waals surface area contributed by atoms with Gasteiger partial charge in [0, 0.05) is 5.56 Å². The number of aliphatic carboxylic acids is 1. The maximum atomic E-state index is 13.2. The van der Waals surface area contributed by atoms with Crippen LogP contribution >= 0.6 is 0 Å². The predicted octanol–water partition coefficient (Wildman–Crippen LogP) is 8.42. The summed E-state index contributed by atoms with van der Waals surface area (Å²) in [5.74, 6) is 0.0221. The molecule has 1 unspecified atom stereocenters. The monoisotopic (exact) mass is 580 g/mol. The van der Waals surface area contributed by atoms with Crippen molar-refractivity contribution in [1.82, 2.24) is 0 Å². The average molecular weight is 581 g/mol. The molecule has 0 spiro atoms. The van der Waals surface area contributed by atoms with E-state index in [0.29, 0.717) is 34.8 Å². The highest BCUT2D eigenvalue weighted by atomic mass is 19.4. The van der Waals surface area contributed by atoms with Gasteiger partial charge in [-0.2, -0.15) is 13.2 Å². The zero-order valence-corrected chi connectivity index (χ0v) is 22.6. The molecule has 0 aliphatic rings. The first-order valence-corrected chi connectivity index (χ1v) is 13.0. The van der Waals surface area contributed by atoms with Crippen molar-refractivity contribution in [2.75, 3.05) is 7.11 Å². The van der Waals surface area contributed by atoms with Gasteiger partial charge in [0.1, 0.15) is 29.7 Å². The minimum absolute atomic E-state index is 0.0557. The number of carboxylic acids is 1. The summed E-state index contributed by atoms with van der Waals surface area (Å²) in [6, 6.07) is 22.8. The molecule has 0 heterocycles. The van der Waals surface area contributed by atoms with Crippen LogP contribution in [0.5, 0.6) is 17.2 Å². The van der Waals surface area contributed by atoms with Gasteiger partial charge < -0.3 is 19.3 Å². The first-order valence-electron chi connectivity index (χ1n) is 13.0. The third-order valence-electron chi connectivity index (χ3n) is 6.37. The second kappa shape index (κ2) is 13.7. The van der Waals surface area contributed by atoms with E-state index in [0.717, 1.165) is 23.3 Å². The Morgan fingerprint density at radius 2 is 1.50 bits per heavy atom. The normalized spacial score (nSPS) is 12.2. The fourth-order valence-electron chi connectivity index (χ4n) is 4.09. The molecule has 0 amide bonds. The standard InChI is InChI=1S/C33H28F4O5/c1-40-29-18-19-30(41-21-22-6-12-26(13-7-22)33(35,36)37)25(20-29)4-2-3-5-31(32(38)39)42-28-16-10-24(11-17-28)23-8-14-27(34)15-9-23/h2,4,6-20,31H,3,5,21H2,1H3,(H,38,39). The topological polar surface area (TPSA) is 65.0 Å². The van der Waals surface area contributed by atoms with E-state index in [1.165, 1.54) is 31.4 Å². The molecule has 0 radical (unpaired) electrons. The van der Waals surface area contributed by atoms with Crippen molar-refractivity contribution >= 4 is 12.0 Å². The Bertz CT molecular complexity index is 1500. The number of allylic oxidation sites excluding steroid dienone is 1. The smallest absolute Gasteiger partial charge is 0.416 e. The summed E-state index contributed by atoms with van der Waals surface area (Å²) in [5, 5.41) is 9.68. The van der Waals surface area contributed by atoms with Gasteiger partial charge in [-0.1, -0.05) is 48.6 Å². The van der Waals surface area contributed by atoms with Gasteiger partial charge >= 0.3 is 12.1 Å². The number of ether oxygens (including phenoxy) is 3. The van der Waals surface area contributed by atoms with E-state index in [2.05, 4.69) is 0 Å². The van der Waals surface area contributed by atoms with E-state index in [1.54, 1.807) is 66.7 Å². The maximum absolute atomic E-state index is 13.2. The Hall–Kier alpha value is -4.79. The Labute approximate surface area is 240 Å². The summed E-state index contributed by atoms with van der Waals surface area (Å²) in [4.78, 5) is 11.8. The van der Waals surface area contributed by atoms with Gasteiger partial charge in [0.25, 0.3) is 0 Å². The second-order valence-electron chi connectivity index (χ2n) is 9.34. The Morgan fingerprint density at radius 1 is 0.881 bits per heavy atom. The molecule has 0 aliphatic heterocycles. The minimum Gasteiger partial charge on any atom is -0.497 e. The zero-order valence-electron chi connectivity index (χ0n) is 22.6. The van der Waals surface area contributed by atoms with Gasteiger partial charge in [0.2, 0.25) is 0 Å². The summed E-state index contributed by atoms with van der Waals surface area (Å²) in [7, 11) is 1.52. The van der Waals surface area contributed by atoms with Gasteiger partial charge in [-0.25, -0.2) is 9.18 Å². The number of hydrogen-bond donors (Lipinski definition) is 1. The number of alkyl halides is 3. The summed E-state index contributed by atoms with van der Waals surface area (Å²) < 4.78 is 68.5. The molecular formula is C33H28F4O5. The van der Waals surface area contributed by atoms with E-state index >= 15 is 0 Å².